The number of ether oxygens (including phenoxy) is 3. The molecule has 230 valence electrons. The van der Waals surface area contributed by atoms with Crippen molar-refractivity contribution in [1.82, 2.24) is 9.80 Å². The average molecular weight is 602 g/mol. The molecule has 9 nitrogen and oxygen atoms in total. The molecule has 0 spiro atoms. The lowest BCUT2D eigenvalue weighted by Gasteiger charge is -2.39. The normalized spacial score (nSPS) is 21.3. The molecule has 0 aromatic heterocycles. The minimum absolute atomic E-state index is 0.0551. The van der Waals surface area contributed by atoms with Gasteiger partial charge in [-0.2, -0.15) is 0 Å². The fourth-order valence-electron chi connectivity index (χ4n) is 6.64. The Morgan fingerprint density at radius 2 is 1.52 bits per heavy atom. The molecule has 0 radical (unpaired) electrons. The fraction of sp³-hybridized carbons (Fsp3) is 0.382. The van der Waals surface area contributed by atoms with E-state index in [4.69, 9.17) is 14.2 Å². The minimum Gasteiger partial charge on any atom is -0.454 e. The molecule has 3 heterocycles. The van der Waals surface area contributed by atoms with Crippen molar-refractivity contribution in [3.63, 3.8) is 0 Å². The van der Waals surface area contributed by atoms with Gasteiger partial charge in [-0.1, -0.05) is 32.0 Å². The topological polar surface area (TPSA) is 88.6 Å². The number of hydrogen-bond acceptors (Lipinski definition) is 6. The van der Waals surface area contributed by atoms with E-state index in [9.17, 15) is 18.8 Å². The third kappa shape index (κ3) is 5.27. The molecule has 3 atom stereocenters. The molecule has 3 aliphatic heterocycles. The second-order valence-corrected chi connectivity index (χ2v) is 11.7. The average Bonchev–Trinajstić information content (AvgIpc) is 3.60. The second kappa shape index (κ2) is 12.3. The molecule has 3 aromatic rings. The van der Waals surface area contributed by atoms with E-state index in [1.54, 1.807) is 35.1 Å². The van der Waals surface area contributed by atoms with E-state index in [2.05, 4.69) is 0 Å². The smallest absolute Gasteiger partial charge is 0.254 e. The second-order valence-electron chi connectivity index (χ2n) is 11.7. The number of benzene rings is 3. The Morgan fingerprint density at radius 3 is 2.18 bits per heavy atom. The molecule has 1 fully saturated rings. The summed E-state index contributed by atoms with van der Waals surface area (Å²) < 4.78 is 30.9. The summed E-state index contributed by atoms with van der Waals surface area (Å²) in [5.74, 6) is -0.436. The Kier molecular flexibility index (Phi) is 8.27. The Labute approximate surface area is 256 Å². The number of halogens is 1. The summed E-state index contributed by atoms with van der Waals surface area (Å²) in [6.07, 6.45) is 1.14. The lowest BCUT2D eigenvalue weighted by molar-refractivity contribution is -0.125. The largest absolute Gasteiger partial charge is 0.454 e. The molecule has 3 aromatic carbocycles. The standard InChI is InChI=1S/C34H36FN3O6/c1-21(2)30-34(41)38-26-18-29-28(43-20-44-29)17-25(26)31(27(38)19-42-3)37(32(39)22-9-5-4-6-10-22)16-8-7-15-36(30)33(40)23-11-13-24(35)14-12-23/h4-6,9-14,17-18,21,27,30-31H,7-8,15-16,19-20H2,1-3H3/t27-,30+,31+/m1/s1. The lowest BCUT2D eigenvalue weighted by atomic mass is 9.98. The number of amides is 3. The predicted octanol–water partition coefficient (Wildman–Crippen LogP) is 5.06. The number of rotatable bonds is 5. The number of methoxy groups -OCH3 is 1. The summed E-state index contributed by atoms with van der Waals surface area (Å²) in [5, 5.41) is 0. The van der Waals surface area contributed by atoms with Gasteiger partial charge in [0, 0.05) is 43.0 Å². The minimum atomic E-state index is -0.833. The van der Waals surface area contributed by atoms with Crippen LogP contribution < -0.4 is 14.4 Å². The molecule has 6 rings (SSSR count). The number of nitrogens with zero attached hydrogens (tertiary/aromatic N) is 3. The van der Waals surface area contributed by atoms with Crippen LogP contribution in [0.4, 0.5) is 10.1 Å². The number of carbonyl (C=O) groups is 3. The number of fused-ring (bicyclic) bond motifs is 6. The van der Waals surface area contributed by atoms with Gasteiger partial charge >= 0.3 is 0 Å². The van der Waals surface area contributed by atoms with Crippen LogP contribution >= 0.6 is 0 Å². The lowest BCUT2D eigenvalue weighted by Crippen LogP contribution is -2.57. The first kappa shape index (κ1) is 29.6. The highest BCUT2D eigenvalue weighted by molar-refractivity contribution is 6.05. The molecule has 0 saturated carbocycles. The zero-order valence-corrected chi connectivity index (χ0v) is 25.1. The Balaban J connectivity index is 1.51. The van der Waals surface area contributed by atoms with Crippen molar-refractivity contribution in [2.24, 2.45) is 5.92 Å². The highest BCUT2D eigenvalue weighted by Gasteiger charge is 2.50. The molecule has 3 aliphatic rings. The first-order chi connectivity index (χ1) is 21.3. The van der Waals surface area contributed by atoms with Gasteiger partial charge in [0.15, 0.2) is 11.5 Å². The zero-order valence-electron chi connectivity index (χ0n) is 25.1. The Hall–Kier alpha value is -4.44. The maximum atomic E-state index is 14.9. The molecule has 44 heavy (non-hydrogen) atoms. The highest BCUT2D eigenvalue weighted by atomic mass is 19.1. The van der Waals surface area contributed by atoms with Crippen molar-refractivity contribution in [1.29, 1.82) is 0 Å². The van der Waals surface area contributed by atoms with Gasteiger partial charge in [-0.25, -0.2) is 4.39 Å². The maximum Gasteiger partial charge on any atom is 0.254 e. The van der Waals surface area contributed by atoms with Crippen molar-refractivity contribution < 1.29 is 33.0 Å². The Bertz CT molecular complexity index is 1550. The third-order valence-electron chi connectivity index (χ3n) is 8.61. The summed E-state index contributed by atoms with van der Waals surface area (Å²) in [6, 6.07) is 16.2. The van der Waals surface area contributed by atoms with E-state index >= 15 is 0 Å². The van der Waals surface area contributed by atoms with Gasteiger partial charge in [-0.15, -0.1) is 0 Å². The van der Waals surface area contributed by atoms with E-state index in [1.807, 2.05) is 43.0 Å². The van der Waals surface area contributed by atoms with Crippen molar-refractivity contribution >= 4 is 23.4 Å². The quantitative estimate of drug-likeness (QED) is 0.406. The highest BCUT2D eigenvalue weighted by Crippen LogP contribution is 2.50. The predicted molar refractivity (Wildman–Crippen MR) is 161 cm³/mol. The van der Waals surface area contributed by atoms with Gasteiger partial charge in [0.05, 0.1) is 24.4 Å². The van der Waals surface area contributed by atoms with Crippen LogP contribution in [0.1, 0.15) is 59.0 Å². The van der Waals surface area contributed by atoms with E-state index in [-0.39, 0.29) is 37.0 Å². The molecule has 10 heteroatoms. The van der Waals surface area contributed by atoms with Crippen LogP contribution in [-0.2, 0) is 9.53 Å². The van der Waals surface area contributed by atoms with Gasteiger partial charge in [0.2, 0.25) is 12.7 Å². The number of carbonyl (C=O) groups excluding carboxylic acids is 3. The molecular formula is C34H36FN3O6. The van der Waals surface area contributed by atoms with Crippen LogP contribution in [0.2, 0.25) is 0 Å². The summed E-state index contributed by atoms with van der Waals surface area (Å²) in [4.78, 5) is 48.2. The third-order valence-corrected chi connectivity index (χ3v) is 8.61. The Morgan fingerprint density at radius 1 is 0.909 bits per heavy atom. The van der Waals surface area contributed by atoms with E-state index in [0.717, 1.165) is 5.56 Å². The van der Waals surface area contributed by atoms with Gasteiger partial charge in [0.25, 0.3) is 11.8 Å². The van der Waals surface area contributed by atoms with Gasteiger partial charge < -0.3 is 28.9 Å². The molecule has 1 saturated heterocycles. The SMILES string of the molecule is COC[C@@H]1[C@@H]2c3cc4c(cc3N1C(=O)[C@H](C(C)C)N(C(=O)c1ccc(F)cc1)CCCCN2C(=O)c1ccccc1)OCO4. The first-order valence-electron chi connectivity index (χ1n) is 15.0. The van der Waals surface area contributed by atoms with Gasteiger partial charge in [0.1, 0.15) is 11.9 Å². The van der Waals surface area contributed by atoms with Crippen LogP contribution in [0.25, 0.3) is 0 Å². The van der Waals surface area contributed by atoms with Crippen molar-refractivity contribution in [3.8, 4) is 11.5 Å². The van der Waals surface area contributed by atoms with Crippen LogP contribution in [0, 0.1) is 11.7 Å². The fourth-order valence-corrected chi connectivity index (χ4v) is 6.64. The molecular weight excluding hydrogens is 565 g/mol. The summed E-state index contributed by atoms with van der Waals surface area (Å²) in [6.45, 7) is 4.71. The van der Waals surface area contributed by atoms with Crippen molar-refractivity contribution in [2.45, 2.75) is 44.8 Å². The molecule has 0 aliphatic carbocycles. The summed E-state index contributed by atoms with van der Waals surface area (Å²) in [7, 11) is 1.57. The van der Waals surface area contributed by atoms with E-state index < -0.39 is 23.9 Å². The summed E-state index contributed by atoms with van der Waals surface area (Å²) in [5.41, 5.74) is 2.20. The first-order valence-corrected chi connectivity index (χ1v) is 15.0. The van der Waals surface area contributed by atoms with Crippen LogP contribution in [0.15, 0.2) is 66.7 Å². The van der Waals surface area contributed by atoms with Crippen LogP contribution in [-0.4, -0.2) is 73.2 Å². The van der Waals surface area contributed by atoms with E-state index in [0.29, 0.717) is 54.2 Å². The van der Waals surface area contributed by atoms with Gasteiger partial charge in [-0.3, -0.25) is 14.4 Å². The van der Waals surface area contributed by atoms with E-state index in [1.165, 1.54) is 24.3 Å². The molecule has 3 amide bonds. The zero-order chi connectivity index (χ0) is 31.0. The van der Waals surface area contributed by atoms with Gasteiger partial charge in [-0.05, 0) is 61.2 Å². The summed E-state index contributed by atoms with van der Waals surface area (Å²) >= 11 is 0. The van der Waals surface area contributed by atoms with Crippen LogP contribution in [0.3, 0.4) is 0 Å². The van der Waals surface area contributed by atoms with Crippen LogP contribution in [0.5, 0.6) is 11.5 Å². The molecule has 0 N–H and O–H groups in total. The number of hydrogen-bond donors (Lipinski definition) is 0. The number of anilines is 1. The molecule has 0 unspecified atom stereocenters. The molecule has 2 bridgehead atoms. The van der Waals surface area contributed by atoms with Crippen molar-refractivity contribution in [2.75, 3.05) is 38.5 Å². The maximum absolute atomic E-state index is 14.9. The van der Waals surface area contributed by atoms with Crippen molar-refractivity contribution in [3.05, 3.63) is 89.2 Å². The monoisotopic (exact) mass is 601 g/mol.